The average molecular weight is 290 g/mol. The van der Waals surface area contributed by atoms with E-state index in [1.165, 1.54) is 5.56 Å². The van der Waals surface area contributed by atoms with Crippen molar-refractivity contribution in [1.29, 1.82) is 0 Å². The van der Waals surface area contributed by atoms with E-state index in [4.69, 9.17) is 22.1 Å². The summed E-state index contributed by atoms with van der Waals surface area (Å²) in [6.07, 6.45) is 1.65. The minimum Gasteiger partial charge on any atom is -0.384 e. The average Bonchev–Trinajstić information content (AvgIpc) is 2.51. The molecule has 1 aliphatic heterocycles. The Morgan fingerprint density at radius 2 is 2.10 bits per heavy atom. The number of morpholine rings is 1. The summed E-state index contributed by atoms with van der Waals surface area (Å²) in [5.74, 6) is 0.479. The first kappa shape index (κ1) is 13.2. The van der Waals surface area contributed by atoms with E-state index in [1.807, 2.05) is 24.3 Å². The van der Waals surface area contributed by atoms with Crippen molar-refractivity contribution >= 4 is 23.1 Å². The van der Waals surface area contributed by atoms with Gasteiger partial charge in [-0.15, -0.1) is 0 Å². The number of rotatable bonds is 2. The normalized spacial score (nSPS) is 19.1. The molecule has 1 saturated heterocycles. The van der Waals surface area contributed by atoms with Crippen molar-refractivity contribution in [1.82, 2.24) is 4.98 Å². The SMILES string of the molecule is Nc1cc(N2CCOC(c3ccccc3)C2)c(Cl)cn1. The standard InChI is InChI=1S/C15H16ClN3O/c16-12-9-18-15(17)8-13(12)19-6-7-20-14(10-19)11-4-2-1-3-5-11/h1-5,8-9,14H,6-7,10H2,(H2,17,18). The summed E-state index contributed by atoms with van der Waals surface area (Å²) in [6.45, 7) is 2.22. The van der Waals surface area contributed by atoms with Crippen LogP contribution in [0.25, 0.3) is 0 Å². The fraction of sp³-hybridized carbons (Fsp3) is 0.267. The van der Waals surface area contributed by atoms with Gasteiger partial charge in [-0.05, 0) is 5.56 Å². The summed E-state index contributed by atoms with van der Waals surface area (Å²) < 4.78 is 5.85. The first-order chi connectivity index (χ1) is 9.74. The van der Waals surface area contributed by atoms with Crippen molar-refractivity contribution < 1.29 is 4.74 Å². The fourth-order valence-electron chi connectivity index (χ4n) is 2.42. The number of nitrogens with two attached hydrogens (primary N) is 1. The van der Waals surface area contributed by atoms with Crippen LogP contribution in [0.5, 0.6) is 0 Å². The van der Waals surface area contributed by atoms with Gasteiger partial charge in [-0.2, -0.15) is 0 Å². The van der Waals surface area contributed by atoms with Gasteiger partial charge in [-0.25, -0.2) is 4.98 Å². The molecule has 0 aliphatic carbocycles. The van der Waals surface area contributed by atoms with Crippen molar-refractivity contribution in [2.75, 3.05) is 30.3 Å². The van der Waals surface area contributed by atoms with Gasteiger partial charge < -0.3 is 15.4 Å². The molecule has 2 heterocycles. The molecule has 0 spiro atoms. The minimum absolute atomic E-state index is 0.0513. The van der Waals surface area contributed by atoms with Crippen molar-refractivity contribution in [2.24, 2.45) is 0 Å². The van der Waals surface area contributed by atoms with Crippen LogP contribution in [0.3, 0.4) is 0 Å². The lowest BCUT2D eigenvalue weighted by molar-refractivity contribution is 0.0398. The monoisotopic (exact) mass is 289 g/mol. The number of benzene rings is 1. The van der Waals surface area contributed by atoms with Gasteiger partial charge >= 0.3 is 0 Å². The third-order valence-corrected chi connectivity index (χ3v) is 3.73. The number of nitrogens with zero attached hydrogens (tertiary/aromatic N) is 2. The number of pyridine rings is 1. The van der Waals surface area contributed by atoms with E-state index in [9.17, 15) is 0 Å². The molecule has 0 saturated carbocycles. The summed E-state index contributed by atoms with van der Waals surface area (Å²) >= 11 is 6.22. The molecule has 1 atom stereocenters. The van der Waals surface area contributed by atoms with Gasteiger partial charge in [0.05, 0.1) is 17.3 Å². The van der Waals surface area contributed by atoms with Crippen LogP contribution in [-0.2, 0) is 4.74 Å². The van der Waals surface area contributed by atoms with Crippen molar-refractivity contribution in [2.45, 2.75) is 6.10 Å². The maximum atomic E-state index is 6.22. The zero-order valence-corrected chi connectivity index (χ0v) is 11.8. The lowest BCUT2D eigenvalue weighted by Crippen LogP contribution is -2.38. The lowest BCUT2D eigenvalue weighted by atomic mass is 10.1. The van der Waals surface area contributed by atoms with E-state index >= 15 is 0 Å². The molecule has 0 amide bonds. The summed E-state index contributed by atoms with van der Waals surface area (Å²) in [7, 11) is 0. The second-order valence-electron chi connectivity index (χ2n) is 4.78. The Morgan fingerprint density at radius 3 is 2.90 bits per heavy atom. The second-order valence-corrected chi connectivity index (χ2v) is 5.18. The van der Waals surface area contributed by atoms with Crippen LogP contribution in [0.15, 0.2) is 42.6 Å². The number of hydrogen-bond acceptors (Lipinski definition) is 4. The highest BCUT2D eigenvalue weighted by Crippen LogP contribution is 2.31. The van der Waals surface area contributed by atoms with E-state index in [2.05, 4.69) is 22.0 Å². The van der Waals surface area contributed by atoms with E-state index in [-0.39, 0.29) is 6.10 Å². The van der Waals surface area contributed by atoms with Crippen LogP contribution in [0, 0.1) is 0 Å². The molecule has 1 aromatic heterocycles. The minimum atomic E-state index is 0.0513. The van der Waals surface area contributed by atoms with Crippen molar-refractivity contribution in [3.05, 3.63) is 53.2 Å². The molecular formula is C15H16ClN3O. The van der Waals surface area contributed by atoms with Crippen LogP contribution >= 0.6 is 11.6 Å². The third kappa shape index (κ3) is 2.71. The Kier molecular flexibility index (Phi) is 3.76. The summed E-state index contributed by atoms with van der Waals surface area (Å²) in [4.78, 5) is 6.20. The van der Waals surface area contributed by atoms with Crippen LogP contribution in [0.1, 0.15) is 11.7 Å². The smallest absolute Gasteiger partial charge is 0.125 e. The topological polar surface area (TPSA) is 51.4 Å². The molecule has 5 heteroatoms. The fourth-order valence-corrected chi connectivity index (χ4v) is 2.65. The maximum Gasteiger partial charge on any atom is 0.125 e. The highest BCUT2D eigenvalue weighted by molar-refractivity contribution is 6.33. The molecule has 4 nitrogen and oxygen atoms in total. The Hall–Kier alpha value is -1.78. The zero-order valence-electron chi connectivity index (χ0n) is 11.0. The number of anilines is 2. The van der Waals surface area contributed by atoms with Crippen molar-refractivity contribution in [3.8, 4) is 0 Å². The molecular weight excluding hydrogens is 274 g/mol. The molecule has 104 valence electrons. The number of hydrogen-bond donors (Lipinski definition) is 1. The first-order valence-corrected chi connectivity index (χ1v) is 6.94. The van der Waals surface area contributed by atoms with Gasteiger partial charge in [0.2, 0.25) is 0 Å². The number of aromatic nitrogens is 1. The van der Waals surface area contributed by atoms with Gasteiger partial charge in [-0.3, -0.25) is 0 Å². The molecule has 0 bridgehead atoms. The van der Waals surface area contributed by atoms with Crippen LogP contribution < -0.4 is 10.6 Å². The quantitative estimate of drug-likeness (QED) is 0.923. The van der Waals surface area contributed by atoms with Crippen LogP contribution in [-0.4, -0.2) is 24.7 Å². The summed E-state index contributed by atoms with van der Waals surface area (Å²) in [5.41, 5.74) is 7.85. The Morgan fingerprint density at radius 1 is 1.30 bits per heavy atom. The molecule has 2 N–H and O–H groups in total. The second kappa shape index (κ2) is 5.69. The largest absolute Gasteiger partial charge is 0.384 e. The predicted molar refractivity (Wildman–Crippen MR) is 81.0 cm³/mol. The highest BCUT2D eigenvalue weighted by atomic mass is 35.5. The van der Waals surface area contributed by atoms with Crippen molar-refractivity contribution in [3.63, 3.8) is 0 Å². The van der Waals surface area contributed by atoms with Gasteiger partial charge in [0.25, 0.3) is 0 Å². The summed E-state index contributed by atoms with van der Waals surface area (Å²) in [6, 6.07) is 12.0. The Bertz CT molecular complexity index is 591. The molecule has 1 unspecified atom stereocenters. The first-order valence-electron chi connectivity index (χ1n) is 6.56. The molecule has 1 fully saturated rings. The molecule has 1 aliphatic rings. The number of ether oxygens (including phenoxy) is 1. The molecule has 20 heavy (non-hydrogen) atoms. The molecule has 3 rings (SSSR count). The zero-order chi connectivity index (χ0) is 13.9. The highest BCUT2D eigenvalue weighted by Gasteiger charge is 2.23. The molecule has 2 aromatic rings. The maximum absolute atomic E-state index is 6.22. The molecule has 1 aromatic carbocycles. The van der Waals surface area contributed by atoms with E-state index in [0.717, 1.165) is 18.8 Å². The van der Waals surface area contributed by atoms with Crippen LogP contribution in [0.4, 0.5) is 11.5 Å². The van der Waals surface area contributed by atoms with E-state index < -0.39 is 0 Å². The summed E-state index contributed by atoms with van der Waals surface area (Å²) in [5, 5.41) is 0.618. The number of nitrogen functional groups attached to an aromatic ring is 1. The number of halogens is 1. The van der Waals surface area contributed by atoms with Gasteiger partial charge in [-0.1, -0.05) is 41.9 Å². The van der Waals surface area contributed by atoms with Crippen LogP contribution in [0.2, 0.25) is 5.02 Å². The van der Waals surface area contributed by atoms with Gasteiger partial charge in [0, 0.05) is 25.4 Å². The lowest BCUT2D eigenvalue weighted by Gasteiger charge is -2.35. The molecule has 0 radical (unpaired) electrons. The van der Waals surface area contributed by atoms with E-state index in [1.54, 1.807) is 6.20 Å². The van der Waals surface area contributed by atoms with Gasteiger partial charge in [0.1, 0.15) is 11.9 Å². The Labute approximate surface area is 123 Å². The Balaban J connectivity index is 1.83. The predicted octanol–water partition coefficient (Wildman–Crippen LogP) is 2.90. The van der Waals surface area contributed by atoms with Gasteiger partial charge in [0.15, 0.2) is 0 Å². The van der Waals surface area contributed by atoms with E-state index in [0.29, 0.717) is 17.4 Å². The third-order valence-electron chi connectivity index (χ3n) is 3.43.